The molecule has 6 heteroatoms. The summed E-state index contributed by atoms with van der Waals surface area (Å²) in [5.41, 5.74) is 0.204. The average molecular weight is 302 g/mol. The van der Waals surface area contributed by atoms with Crippen molar-refractivity contribution in [2.45, 2.75) is 33.2 Å². The van der Waals surface area contributed by atoms with Gasteiger partial charge in [-0.1, -0.05) is 32.5 Å². The third kappa shape index (κ3) is 3.48. The van der Waals surface area contributed by atoms with Crippen LogP contribution in [-0.4, -0.2) is 17.0 Å². The van der Waals surface area contributed by atoms with Gasteiger partial charge in [-0.25, -0.2) is 13.2 Å². The van der Waals surface area contributed by atoms with Crippen LogP contribution in [0.1, 0.15) is 27.2 Å². The van der Waals surface area contributed by atoms with Crippen LogP contribution in [0.25, 0.3) is 0 Å². The molecule has 0 amide bonds. The van der Waals surface area contributed by atoms with Gasteiger partial charge in [0.15, 0.2) is 22.6 Å². The maximum Gasteiger partial charge on any atom is 0.194 e. The third-order valence-electron chi connectivity index (χ3n) is 3.14. The number of aliphatic imine (C=N–C) groups is 1. The van der Waals surface area contributed by atoms with Crippen LogP contribution in [0.4, 0.5) is 18.9 Å². The van der Waals surface area contributed by atoms with Gasteiger partial charge in [0.25, 0.3) is 0 Å². The van der Waals surface area contributed by atoms with E-state index in [1.165, 1.54) is 11.8 Å². The minimum absolute atomic E-state index is 0.0349. The van der Waals surface area contributed by atoms with Gasteiger partial charge in [-0.2, -0.15) is 0 Å². The molecule has 1 aromatic rings. The van der Waals surface area contributed by atoms with Crippen molar-refractivity contribution in [1.82, 2.24) is 0 Å². The molecular weight excluding hydrogens is 285 g/mol. The number of thioether (sulfide) groups is 1. The van der Waals surface area contributed by atoms with Crippen molar-refractivity contribution in [2.24, 2.45) is 10.4 Å². The second kappa shape index (κ2) is 5.68. The van der Waals surface area contributed by atoms with Crippen molar-refractivity contribution in [1.29, 1.82) is 0 Å². The highest BCUT2D eigenvalue weighted by molar-refractivity contribution is 8.14. The molecule has 0 saturated heterocycles. The van der Waals surface area contributed by atoms with Crippen molar-refractivity contribution in [3.8, 4) is 0 Å². The monoisotopic (exact) mass is 302 g/mol. The lowest BCUT2D eigenvalue weighted by Gasteiger charge is -2.31. The van der Waals surface area contributed by atoms with E-state index in [1.807, 2.05) is 0 Å². The van der Waals surface area contributed by atoms with Crippen LogP contribution in [0.5, 0.6) is 0 Å². The molecule has 110 valence electrons. The highest BCUT2D eigenvalue weighted by atomic mass is 32.2. The smallest absolute Gasteiger partial charge is 0.194 e. The van der Waals surface area contributed by atoms with Gasteiger partial charge in [0, 0.05) is 23.6 Å². The Labute approximate surface area is 120 Å². The van der Waals surface area contributed by atoms with Crippen molar-refractivity contribution in [3.05, 3.63) is 29.6 Å². The first-order valence-corrected chi connectivity index (χ1v) is 7.38. The minimum atomic E-state index is -1.46. The molecule has 0 fully saturated rings. The molecule has 1 aromatic carbocycles. The van der Waals surface area contributed by atoms with E-state index in [4.69, 9.17) is 0 Å². The third-order valence-corrected chi connectivity index (χ3v) is 4.06. The molecule has 0 radical (unpaired) electrons. The topological polar surface area (TPSA) is 24.4 Å². The van der Waals surface area contributed by atoms with Crippen molar-refractivity contribution >= 4 is 22.6 Å². The van der Waals surface area contributed by atoms with Gasteiger partial charge in [0.2, 0.25) is 0 Å². The molecule has 0 bridgehead atoms. The number of hydrogen-bond donors (Lipinski definition) is 1. The largest absolute Gasteiger partial charge is 0.335 e. The maximum atomic E-state index is 13.2. The molecule has 2 nitrogen and oxygen atoms in total. The van der Waals surface area contributed by atoms with Crippen LogP contribution in [0.3, 0.4) is 0 Å². The number of amidine groups is 1. The van der Waals surface area contributed by atoms with Crippen LogP contribution in [0, 0.1) is 22.9 Å². The molecule has 0 aliphatic carbocycles. The lowest BCUT2D eigenvalue weighted by atomic mass is 9.85. The average Bonchev–Trinajstić information content (AvgIpc) is 2.35. The highest BCUT2D eigenvalue weighted by Gasteiger charge is 2.27. The Morgan fingerprint density at radius 1 is 1.20 bits per heavy atom. The van der Waals surface area contributed by atoms with E-state index in [0.717, 1.165) is 24.3 Å². The zero-order valence-electron chi connectivity index (χ0n) is 11.6. The summed E-state index contributed by atoms with van der Waals surface area (Å²) < 4.78 is 39.2. The van der Waals surface area contributed by atoms with E-state index in [1.54, 1.807) is 0 Å². The van der Waals surface area contributed by atoms with Crippen LogP contribution in [-0.2, 0) is 0 Å². The second-order valence-electron chi connectivity index (χ2n) is 5.83. The van der Waals surface area contributed by atoms with E-state index in [-0.39, 0.29) is 17.1 Å². The number of nitrogens with zero attached hydrogens (tertiary/aromatic N) is 1. The number of rotatable bonds is 1. The van der Waals surface area contributed by atoms with E-state index < -0.39 is 17.5 Å². The molecule has 0 spiro atoms. The summed E-state index contributed by atoms with van der Waals surface area (Å²) in [6.45, 7) is 6.31. The van der Waals surface area contributed by atoms with E-state index in [0.29, 0.717) is 5.17 Å². The predicted molar refractivity (Wildman–Crippen MR) is 77.7 cm³/mol. The van der Waals surface area contributed by atoms with Crippen LogP contribution < -0.4 is 5.32 Å². The van der Waals surface area contributed by atoms with Crippen molar-refractivity contribution in [3.63, 3.8) is 0 Å². The SMILES string of the molecule is CC(C)(C)C1CCSC(Nc2cc(F)c(F)c(F)c2)=N1. The van der Waals surface area contributed by atoms with Gasteiger partial charge in [-0.15, -0.1) is 0 Å². The fraction of sp³-hybridized carbons (Fsp3) is 0.500. The maximum absolute atomic E-state index is 13.2. The van der Waals surface area contributed by atoms with Crippen molar-refractivity contribution < 1.29 is 13.2 Å². The first-order chi connectivity index (χ1) is 9.27. The standard InChI is InChI=1S/C14H17F3N2S/c1-14(2,3)11-4-5-20-13(19-11)18-8-6-9(15)12(17)10(16)7-8/h6-7,11H,4-5H2,1-3H3,(H,18,19). The van der Waals surface area contributed by atoms with Gasteiger partial charge >= 0.3 is 0 Å². The van der Waals surface area contributed by atoms with E-state index >= 15 is 0 Å². The zero-order valence-corrected chi connectivity index (χ0v) is 12.5. The summed E-state index contributed by atoms with van der Waals surface area (Å²) >= 11 is 1.49. The number of halogens is 3. The van der Waals surface area contributed by atoms with Gasteiger partial charge in [0.05, 0.1) is 6.04 Å². The fourth-order valence-corrected chi connectivity index (χ4v) is 2.88. The fourth-order valence-electron chi connectivity index (χ4n) is 1.96. The first-order valence-electron chi connectivity index (χ1n) is 6.39. The number of hydrogen-bond acceptors (Lipinski definition) is 3. The molecule has 20 heavy (non-hydrogen) atoms. The Morgan fingerprint density at radius 2 is 1.80 bits per heavy atom. The van der Waals surface area contributed by atoms with Gasteiger partial charge < -0.3 is 5.32 Å². The van der Waals surface area contributed by atoms with E-state index in [2.05, 4.69) is 31.1 Å². The summed E-state index contributed by atoms with van der Waals surface area (Å²) in [5.74, 6) is -2.98. The molecule has 1 N–H and O–H groups in total. The predicted octanol–water partition coefficient (Wildman–Crippen LogP) is 4.42. The number of nitrogens with one attached hydrogen (secondary N) is 1. The Hall–Kier alpha value is -1.17. The molecule has 1 aliphatic rings. The molecule has 0 saturated carbocycles. The Morgan fingerprint density at radius 3 is 2.35 bits per heavy atom. The van der Waals surface area contributed by atoms with Crippen LogP contribution >= 0.6 is 11.8 Å². The summed E-state index contributed by atoms with van der Waals surface area (Å²) in [6, 6.07) is 2.02. The summed E-state index contributed by atoms with van der Waals surface area (Å²) in [4.78, 5) is 4.56. The molecular formula is C14H17F3N2S. The first kappa shape index (κ1) is 15.2. The normalized spacial score (nSPS) is 19.7. The van der Waals surface area contributed by atoms with Crippen molar-refractivity contribution in [2.75, 3.05) is 11.1 Å². The molecule has 1 aliphatic heterocycles. The quantitative estimate of drug-likeness (QED) is 0.776. The summed E-state index contributed by atoms with van der Waals surface area (Å²) in [5, 5.41) is 3.47. The molecule has 1 atom stereocenters. The van der Waals surface area contributed by atoms with Gasteiger partial charge in [-0.05, 0) is 11.8 Å². The van der Waals surface area contributed by atoms with E-state index in [9.17, 15) is 13.2 Å². The lowest BCUT2D eigenvalue weighted by Crippen LogP contribution is -2.30. The Balaban J connectivity index is 2.19. The second-order valence-corrected chi connectivity index (χ2v) is 6.92. The lowest BCUT2D eigenvalue weighted by molar-refractivity contribution is 0.316. The molecule has 2 rings (SSSR count). The Kier molecular flexibility index (Phi) is 4.32. The van der Waals surface area contributed by atoms with Gasteiger partial charge in [-0.3, -0.25) is 4.99 Å². The highest BCUT2D eigenvalue weighted by Crippen LogP contribution is 2.31. The molecule has 1 heterocycles. The molecule has 0 aromatic heterocycles. The summed E-state index contributed by atoms with van der Waals surface area (Å²) in [7, 11) is 0. The summed E-state index contributed by atoms with van der Waals surface area (Å²) in [6.07, 6.45) is 0.964. The number of benzene rings is 1. The van der Waals surface area contributed by atoms with Crippen LogP contribution in [0.15, 0.2) is 17.1 Å². The minimum Gasteiger partial charge on any atom is -0.335 e. The van der Waals surface area contributed by atoms with Gasteiger partial charge in [0.1, 0.15) is 0 Å². The zero-order chi connectivity index (χ0) is 14.9. The molecule has 1 unspecified atom stereocenters. The Bertz CT molecular complexity index is 515. The number of anilines is 1. The van der Waals surface area contributed by atoms with Crippen LogP contribution in [0.2, 0.25) is 0 Å².